The van der Waals surface area contributed by atoms with E-state index >= 15 is 0 Å². The molecule has 4 nitrogen and oxygen atoms in total. The van der Waals surface area contributed by atoms with Crippen molar-refractivity contribution >= 4 is 0 Å². The monoisotopic (exact) mass is 208 g/mol. The van der Waals surface area contributed by atoms with Gasteiger partial charge in [-0.3, -0.25) is 0 Å². The van der Waals surface area contributed by atoms with E-state index in [0.29, 0.717) is 6.04 Å². The van der Waals surface area contributed by atoms with E-state index in [1.165, 1.54) is 32.1 Å². The molecule has 1 atom stereocenters. The molecule has 1 aliphatic carbocycles. The van der Waals surface area contributed by atoms with E-state index in [2.05, 4.69) is 22.3 Å². The number of nitrogens with one attached hydrogen (secondary N) is 1. The van der Waals surface area contributed by atoms with E-state index in [1.807, 2.05) is 4.68 Å². The Morgan fingerprint density at radius 1 is 1.40 bits per heavy atom. The van der Waals surface area contributed by atoms with Crippen LogP contribution in [0.2, 0.25) is 0 Å². The Labute approximate surface area is 91.1 Å². The van der Waals surface area contributed by atoms with E-state index in [9.17, 15) is 0 Å². The Bertz CT molecular complexity index is 264. The van der Waals surface area contributed by atoms with Gasteiger partial charge in [-0.25, -0.2) is 9.67 Å². The smallest absolute Gasteiger partial charge is 0.137 e. The summed E-state index contributed by atoms with van der Waals surface area (Å²) in [6, 6.07) is 1.12. The molecule has 0 aromatic carbocycles. The van der Waals surface area contributed by atoms with Crippen molar-refractivity contribution in [3.8, 4) is 0 Å². The molecule has 0 radical (unpaired) electrons. The minimum absolute atomic E-state index is 0.398. The lowest BCUT2D eigenvalue weighted by Gasteiger charge is -2.24. The van der Waals surface area contributed by atoms with E-state index in [0.717, 1.165) is 12.6 Å². The number of hydrogen-bond acceptors (Lipinski definition) is 3. The normalized spacial score (nSPS) is 20.3. The van der Waals surface area contributed by atoms with Crippen molar-refractivity contribution in [2.24, 2.45) is 0 Å². The summed E-state index contributed by atoms with van der Waals surface area (Å²) >= 11 is 0. The molecule has 1 saturated carbocycles. The van der Waals surface area contributed by atoms with Gasteiger partial charge in [0.05, 0.1) is 6.04 Å². The van der Waals surface area contributed by atoms with Crippen molar-refractivity contribution < 1.29 is 0 Å². The summed E-state index contributed by atoms with van der Waals surface area (Å²) in [7, 11) is 0. The van der Waals surface area contributed by atoms with Crippen LogP contribution in [0.3, 0.4) is 0 Å². The first-order chi connectivity index (χ1) is 7.36. The molecule has 0 amide bonds. The van der Waals surface area contributed by atoms with Crippen molar-refractivity contribution in [3.63, 3.8) is 0 Å². The van der Waals surface area contributed by atoms with Gasteiger partial charge in [-0.1, -0.05) is 19.3 Å². The van der Waals surface area contributed by atoms with Crippen LogP contribution in [0.25, 0.3) is 0 Å². The highest BCUT2D eigenvalue weighted by Crippen LogP contribution is 2.17. The maximum atomic E-state index is 4.15. The first-order valence-corrected chi connectivity index (χ1v) is 5.94. The van der Waals surface area contributed by atoms with Crippen molar-refractivity contribution in [2.75, 3.05) is 6.54 Å². The fourth-order valence-corrected chi connectivity index (χ4v) is 2.18. The zero-order chi connectivity index (χ0) is 10.5. The predicted octanol–water partition coefficient (Wildman–Crippen LogP) is 1.76. The van der Waals surface area contributed by atoms with E-state index in [4.69, 9.17) is 0 Å². The fraction of sp³-hybridized carbons (Fsp3) is 0.818. The van der Waals surface area contributed by atoms with Crippen LogP contribution in [0.15, 0.2) is 12.7 Å². The van der Waals surface area contributed by atoms with Crippen molar-refractivity contribution in [1.82, 2.24) is 20.1 Å². The number of hydrogen-bond donors (Lipinski definition) is 1. The average Bonchev–Trinajstić information content (AvgIpc) is 2.81. The quantitative estimate of drug-likeness (QED) is 0.820. The van der Waals surface area contributed by atoms with Gasteiger partial charge < -0.3 is 5.32 Å². The number of rotatable bonds is 4. The fourth-order valence-electron chi connectivity index (χ4n) is 2.18. The first kappa shape index (κ1) is 10.6. The average molecular weight is 208 g/mol. The molecule has 0 spiro atoms. The summed E-state index contributed by atoms with van der Waals surface area (Å²) in [5.41, 5.74) is 0. The molecule has 2 rings (SSSR count). The molecule has 4 heteroatoms. The molecule has 1 unspecified atom stereocenters. The third-order valence-corrected chi connectivity index (χ3v) is 3.20. The maximum Gasteiger partial charge on any atom is 0.137 e. The molecule has 84 valence electrons. The van der Waals surface area contributed by atoms with Crippen LogP contribution in [0.5, 0.6) is 0 Å². The summed E-state index contributed by atoms with van der Waals surface area (Å²) in [6.07, 6.45) is 10.2. The minimum atomic E-state index is 0.398. The second-order valence-corrected chi connectivity index (χ2v) is 4.47. The van der Waals surface area contributed by atoms with Gasteiger partial charge in [-0.15, -0.1) is 0 Å². The van der Waals surface area contributed by atoms with Crippen LogP contribution >= 0.6 is 0 Å². The molecule has 1 heterocycles. The van der Waals surface area contributed by atoms with Gasteiger partial charge in [0.1, 0.15) is 12.7 Å². The molecule has 1 fully saturated rings. The van der Waals surface area contributed by atoms with Gasteiger partial charge in [0.2, 0.25) is 0 Å². The Balaban J connectivity index is 1.73. The van der Waals surface area contributed by atoms with Gasteiger partial charge in [0.25, 0.3) is 0 Å². The zero-order valence-electron chi connectivity index (χ0n) is 9.39. The van der Waals surface area contributed by atoms with Crippen molar-refractivity contribution in [3.05, 3.63) is 12.7 Å². The summed E-state index contributed by atoms with van der Waals surface area (Å²) in [6.45, 7) is 3.17. The second kappa shape index (κ2) is 5.26. The molecule has 1 N–H and O–H groups in total. The zero-order valence-corrected chi connectivity index (χ0v) is 9.39. The topological polar surface area (TPSA) is 42.7 Å². The SMILES string of the molecule is CC(CNC1CCCCC1)n1cncn1. The highest BCUT2D eigenvalue weighted by Gasteiger charge is 2.14. The molecule has 1 aromatic heterocycles. The Kier molecular flexibility index (Phi) is 3.72. The molecule has 15 heavy (non-hydrogen) atoms. The number of nitrogens with zero attached hydrogens (tertiary/aromatic N) is 3. The largest absolute Gasteiger partial charge is 0.312 e. The lowest BCUT2D eigenvalue weighted by Crippen LogP contribution is -2.35. The standard InChI is InChI=1S/C11H20N4/c1-10(15-9-12-8-14-15)7-13-11-5-3-2-4-6-11/h8-11,13H,2-7H2,1H3. The van der Waals surface area contributed by atoms with Crippen molar-refractivity contribution in [2.45, 2.75) is 51.1 Å². The Morgan fingerprint density at radius 2 is 2.20 bits per heavy atom. The molecule has 0 saturated heterocycles. The minimum Gasteiger partial charge on any atom is -0.312 e. The highest BCUT2D eigenvalue weighted by atomic mass is 15.3. The van der Waals surface area contributed by atoms with E-state index < -0.39 is 0 Å². The molecule has 0 aliphatic heterocycles. The summed E-state index contributed by atoms with van der Waals surface area (Å²) in [4.78, 5) is 3.96. The van der Waals surface area contributed by atoms with Crippen LogP contribution < -0.4 is 5.32 Å². The lowest BCUT2D eigenvalue weighted by atomic mass is 9.95. The van der Waals surface area contributed by atoms with Crippen molar-refractivity contribution in [1.29, 1.82) is 0 Å². The number of aromatic nitrogens is 3. The van der Waals surface area contributed by atoms with Gasteiger partial charge in [-0.05, 0) is 19.8 Å². The van der Waals surface area contributed by atoms with E-state index in [-0.39, 0.29) is 0 Å². The Morgan fingerprint density at radius 3 is 2.87 bits per heavy atom. The third kappa shape index (κ3) is 3.02. The van der Waals surface area contributed by atoms with Crippen LogP contribution in [-0.4, -0.2) is 27.4 Å². The van der Waals surface area contributed by atoms with Gasteiger partial charge in [0.15, 0.2) is 0 Å². The highest BCUT2D eigenvalue weighted by molar-refractivity contribution is 4.74. The van der Waals surface area contributed by atoms with Gasteiger partial charge in [0, 0.05) is 12.6 Å². The third-order valence-electron chi connectivity index (χ3n) is 3.20. The van der Waals surface area contributed by atoms with Crippen LogP contribution in [0.1, 0.15) is 45.1 Å². The summed E-state index contributed by atoms with van der Waals surface area (Å²) < 4.78 is 1.91. The predicted molar refractivity (Wildman–Crippen MR) is 59.6 cm³/mol. The second-order valence-electron chi connectivity index (χ2n) is 4.47. The molecular weight excluding hydrogens is 188 g/mol. The molecule has 0 bridgehead atoms. The summed E-state index contributed by atoms with van der Waals surface area (Å²) in [5.74, 6) is 0. The first-order valence-electron chi connectivity index (χ1n) is 5.94. The maximum absolute atomic E-state index is 4.15. The molecule has 1 aliphatic rings. The summed E-state index contributed by atoms with van der Waals surface area (Å²) in [5, 5.41) is 7.77. The van der Waals surface area contributed by atoms with Crippen LogP contribution in [-0.2, 0) is 0 Å². The molecule has 1 aromatic rings. The van der Waals surface area contributed by atoms with Gasteiger partial charge in [-0.2, -0.15) is 5.10 Å². The van der Waals surface area contributed by atoms with E-state index in [1.54, 1.807) is 12.7 Å². The Hall–Kier alpha value is -0.900. The van der Waals surface area contributed by atoms with Gasteiger partial charge >= 0.3 is 0 Å². The molecular formula is C11H20N4. The van der Waals surface area contributed by atoms with Crippen LogP contribution in [0.4, 0.5) is 0 Å². The van der Waals surface area contributed by atoms with Crippen LogP contribution in [0, 0.1) is 0 Å². The lowest BCUT2D eigenvalue weighted by molar-refractivity contribution is 0.343.